The maximum absolute atomic E-state index is 12.3. The van der Waals surface area contributed by atoms with Gasteiger partial charge in [0.25, 0.3) is 5.91 Å². The summed E-state index contributed by atoms with van der Waals surface area (Å²) >= 11 is 0. The molecule has 1 N–H and O–H groups in total. The molecular weight excluding hydrogens is 238 g/mol. The lowest BCUT2D eigenvalue weighted by molar-refractivity contribution is 0.0838. The molecule has 4 heteroatoms. The molecule has 0 unspecified atom stereocenters. The molecule has 0 radical (unpaired) electrons. The van der Waals surface area contributed by atoms with Gasteiger partial charge < -0.3 is 10.2 Å². The lowest BCUT2D eigenvalue weighted by Gasteiger charge is -2.39. The fourth-order valence-electron chi connectivity index (χ4n) is 2.51. The predicted molar refractivity (Wildman–Crippen MR) is 76.2 cm³/mol. The first-order chi connectivity index (χ1) is 9.02. The van der Waals surface area contributed by atoms with E-state index in [1.54, 1.807) is 12.4 Å². The first kappa shape index (κ1) is 14.0. The molecule has 19 heavy (non-hydrogen) atoms. The molecule has 0 spiro atoms. The van der Waals surface area contributed by atoms with E-state index in [1.807, 2.05) is 13.0 Å². The monoisotopic (exact) mass is 261 g/mol. The van der Waals surface area contributed by atoms with Gasteiger partial charge in [0.1, 0.15) is 0 Å². The van der Waals surface area contributed by atoms with Crippen molar-refractivity contribution in [3.63, 3.8) is 0 Å². The van der Waals surface area contributed by atoms with Crippen LogP contribution < -0.4 is 5.32 Å². The molecule has 0 saturated carbocycles. The summed E-state index contributed by atoms with van der Waals surface area (Å²) in [5, 5.41) is 3.18. The molecular formula is C15H23N3O. The van der Waals surface area contributed by atoms with Gasteiger partial charge in [-0.15, -0.1) is 0 Å². The van der Waals surface area contributed by atoms with Gasteiger partial charge in [0.05, 0.1) is 5.56 Å². The highest BCUT2D eigenvalue weighted by molar-refractivity contribution is 5.94. The van der Waals surface area contributed by atoms with Crippen LogP contribution in [0.2, 0.25) is 0 Å². The fourth-order valence-corrected chi connectivity index (χ4v) is 2.51. The molecule has 2 rings (SSSR count). The van der Waals surface area contributed by atoms with E-state index < -0.39 is 0 Å². The fraction of sp³-hybridized carbons (Fsp3) is 0.600. The summed E-state index contributed by atoms with van der Waals surface area (Å²) in [6.07, 6.45) is 5.41. The highest BCUT2D eigenvalue weighted by atomic mass is 16.1. The number of hydrogen-bond acceptors (Lipinski definition) is 3. The summed E-state index contributed by atoms with van der Waals surface area (Å²) < 4.78 is 0. The number of aromatic nitrogens is 1. The van der Waals surface area contributed by atoms with Crippen LogP contribution in [0.4, 0.5) is 0 Å². The Balaban J connectivity index is 1.99. The van der Waals surface area contributed by atoms with Gasteiger partial charge in [-0.05, 0) is 44.9 Å². The lowest BCUT2D eigenvalue weighted by Crippen LogP contribution is -2.53. The van der Waals surface area contributed by atoms with Crippen molar-refractivity contribution in [1.29, 1.82) is 0 Å². The molecule has 1 saturated heterocycles. The Kier molecular flexibility index (Phi) is 4.20. The van der Waals surface area contributed by atoms with E-state index in [1.165, 1.54) is 0 Å². The number of aryl methyl sites for hydroxylation is 1. The molecule has 0 atom stereocenters. The zero-order chi connectivity index (χ0) is 13.9. The van der Waals surface area contributed by atoms with Crippen molar-refractivity contribution in [2.45, 2.75) is 39.2 Å². The second-order valence-corrected chi connectivity index (χ2v) is 5.70. The maximum Gasteiger partial charge on any atom is 0.253 e. The summed E-state index contributed by atoms with van der Waals surface area (Å²) in [4.78, 5) is 18.8. The Labute approximate surface area is 115 Å². The predicted octanol–water partition coefficient (Wildman–Crippen LogP) is 1.99. The quantitative estimate of drug-likeness (QED) is 0.905. The minimum Gasteiger partial charge on any atom is -0.347 e. The number of amides is 1. The van der Waals surface area contributed by atoms with Crippen molar-refractivity contribution < 1.29 is 4.79 Å². The number of pyridine rings is 1. The van der Waals surface area contributed by atoms with E-state index in [0.29, 0.717) is 5.56 Å². The van der Waals surface area contributed by atoms with Crippen molar-refractivity contribution in [1.82, 2.24) is 15.2 Å². The van der Waals surface area contributed by atoms with Gasteiger partial charge in [-0.2, -0.15) is 0 Å². The van der Waals surface area contributed by atoms with Crippen molar-refractivity contribution in [3.05, 3.63) is 29.6 Å². The van der Waals surface area contributed by atoms with Crippen LogP contribution >= 0.6 is 0 Å². The highest BCUT2D eigenvalue weighted by Gasteiger charge is 2.31. The average Bonchev–Trinajstić information content (AvgIpc) is 2.39. The van der Waals surface area contributed by atoms with E-state index in [-0.39, 0.29) is 11.4 Å². The van der Waals surface area contributed by atoms with Gasteiger partial charge in [0, 0.05) is 31.0 Å². The zero-order valence-corrected chi connectivity index (χ0v) is 12.1. The minimum atomic E-state index is -0.0908. The highest BCUT2D eigenvalue weighted by Crippen LogP contribution is 2.22. The van der Waals surface area contributed by atoms with E-state index in [2.05, 4.69) is 29.0 Å². The van der Waals surface area contributed by atoms with Crippen LogP contribution in [0.5, 0.6) is 0 Å². The van der Waals surface area contributed by atoms with Crippen molar-refractivity contribution in [3.8, 4) is 0 Å². The zero-order valence-electron chi connectivity index (χ0n) is 12.1. The van der Waals surface area contributed by atoms with Crippen LogP contribution in [0.1, 0.15) is 42.6 Å². The molecule has 1 fully saturated rings. The molecule has 104 valence electrons. The van der Waals surface area contributed by atoms with E-state index >= 15 is 0 Å². The molecule has 1 aromatic rings. The van der Waals surface area contributed by atoms with Crippen LogP contribution in [0, 0.1) is 6.92 Å². The van der Waals surface area contributed by atoms with E-state index in [9.17, 15) is 4.79 Å². The largest absolute Gasteiger partial charge is 0.347 e. The third-order valence-corrected chi connectivity index (χ3v) is 3.96. The SMILES string of the molecule is CCN1CCC(C)(NC(=O)c2cncc(C)c2)CC1. The molecule has 0 aliphatic carbocycles. The Morgan fingerprint density at radius 1 is 1.42 bits per heavy atom. The number of hydrogen-bond donors (Lipinski definition) is 1. The molecule has 4 nitrogen and oxygen atoms in total. The normalized spacial score (nSPS) is 19.1. The third kappa shape index (κ3) is 3.53. The minimum absolute atomic E-state index is 0.0105. The molecule has 2 heterocycles. The second-order valence-electron chi connectivity index (χ2n) is 5.70. The number of piperidine rings is 1. The Morgan fingerprint density at radius 2 is 2.11 bits per heavy atom. The summed E-state index contributed by atoms with van der Waals surface area (Å²) in [7, 11) is 0. The van der Waals surface area contributed by atoms with Gasteiger partial charge in [0.15, 0.2) is 0 Å². The standard InChI is InChI=1S/C15H23N3O/c1-4-18-7-5-15(3,6-8-18)17-14(19)13-9-12(2)10-16-11-13/h9-11H,4-8H2,1-3H3,(H,17,19). The summed E-state index contributed by atoms with van der Waals surface area (Å²) in [5.41, 5.74) is 1.57. The summed E-state index contributed by atoms with van der Waals surface area (Å²) in [6, 6.07) is 1.88. The van der Waals surface area contributed by atoms with Crippen LogP contribution in [-0.2, 0) is 0 Å². The Morgan fingerprint density at radius 3 is 2.68 bits per heavy atom. The van der Waals surface area contributed by atoms with Gasteiger partial charge in [-0.3, -0.25) is 9.78 Å². The van der Waals surface area contributed by atoms with Crippen molar-refractivity contribution >= 4 is 5.91 Å². The molecule has 0 aromatic carbocycles. The number of nitrogens with one attached hydrogen (secondary N) is 1. The Bertz CT molecular complexity index is 450. The van der Waals surface area contributed by atoms with Gasteiger partial charge in [-0.1, -0.05) is 6.92 Å². The maximum atomic E-state index is 12.3. The third-order valence-electron chi connectivity index (χ3n) is 3.96. The summed E-state index contributed by atoms with van der Waals surface area (Å²) in [5.74, 6) is -0.0105. The van der Waals surface area contributed by atoms with Crippen LogP contribution in [0.25, 0.3) is 0 Å². The van der Waals surface area contributed by atoms with Gasteiger partial charge in [0.2, 0.25) is 0 Å². The lowest BCUT2D eigenvalue weighted by atomic mass is 9.89. The molecule has 1 amide bonds. The van der Waals surface area contributed by atoms with Crippen LogP contribution in [0.15, 0.2) is 18.5 Å². The van der Waals surface area contributed by atoms with E-state index in [0.717, 1.165) is 38.0 Å². The summed E-state index contributed by atoms with van der Waals surface area (Å²) in [6.45, 7) is 9.47. The van der Waals surface area contributed by atoms with Crippen molar-refractivity contribution in [2.75, 3.05) is 19.6 Å². The number of carbonyl (C=O) groups is 1. The van der Waals surface area contributed by atoms with Gasteiger partial charge in [-0.25, -0.2) is 0 Å². The first-order valence-corrected chi connectivity index (χ1v) is 6.99. The smallest absolute Gasteiger partial charge is 0.253 e. The molecule has 1 aliphatic rings. The van der Waals surface area contributed by atoms with Crippen LogP contribution in [-0.4, -0.2) is 41.0 Å². The number of rotatable bonds is 3. The topological polar surface area (TPSA) is 45.2 Å². The molecule has 0 bridgehead atoms. The molecule has 1 aromatic heterocycles. The second kappa shape index (κ2) is 5.70. The Hall–Kier alpha value is -1.42. The number of carbonyl (C=O) groups excluding carboxylic acids is 1. The van der Waals surface area contributed by atoms with E-state index in [4.69, 9.17) is 0 Å². The van der Waals surface area contributed by atoms with Crippen LogP contribution in [0.3, 0.4) is 0 Å². The van der Waals surface area contributed by atoms with Crippen molar-refractivity contribution in [2.24, 2.45) is 0 Å². The molecule has 1 aliphatic heterocycles. The first-order valence-electron chi connectivity index (χ1n) is 6.99. The number of nitrogens with zero attached hydrogens (tertiary/aromatic N) is 2. The average molecular weight is 261 g/mol. The number of likely N-dealkylation sites (tertiary alicyclic amines) is 1. The van der Waals surface area contributed by atoms with Gasteiger partial charge >= 0.3 is 0 Å².